The predicted octanol–water partition coefficient (Wildman–Crippen LogP) is 3.28. The number of rotatable bonds is 8. The Balaban J connectivity index is 1.76. The summed E-state index contributed by atoms with van der Waals surface area (Å²) in [6.45, 7) is 5.46. The summed E-state index contributed by atoms with van der Waals surface area (Å²) in [4.78, 5) is 32.3. The molecular formula is C22H27N5O2. The van der Waals surface area contributed by atoms with Gasteiger partial charge in [0.15, 0.2) is 5.78 Å². The molecule has 1 aromatic heterocycles. The van der Waals surface area contributed by atoms with Crippen LogP contribution in [0.2, 0.25) is 0 Å². The fourth-order valence-corrected chi connectivity index (χ4v) is 3.58. The van der Waals surface area contributed by atoms with Crippen LogP contribution in [0.3, 0.4) is 0 Å². The van der Waals surface area contributed by atoms with E-state index in [1.165, 1.54) is 6.08 Å². The van der Waals surface area contributed by atoms with Crippen molar-refractivity contribution in [1.29, 1.82) is 0 Å². The Morgan fingerprint density at radius 3 is 2.86 bits per heavy atom. The number of aryl methyl sites for hydroxylation is 1. The van der Waals surface area contributed by atoms with E-state index in [1.807, 2.05) is 31.2 Å². The maximum absolute atomic E-state index is 11.8. The van der Waals surface area contributed by atoms with Crippen LogP contribution in [0.25, 0.3) is 0 Å². The van der Waals surface area contributed by atoms with Crippen molar-refractivity contribution in [3.8, 4) is 0 Å². The van der Waals surface area contributed by atoms with Gasteiger partial charge in [-0.1, -0.05) is 31.2 Å². The minimum absolute atomic E-state index is 0.0395. The second-order valence-corrected chi connectivity index (χ2v) is 7.46. The Kier molecular flexibility index (Phi) is 6.59. The van der Waals surface area contributed by atoms with E-state index in [0.29, 0.717) is 18.2 Å². The highest BCUT2D eigenvalue weighted by molar-refractivity contribution is 5.92. The highest BCUT2D eigenvalue weighted by atomic mass is 16.1. The van der Waals surface area contributed by atoms with Gasteiger partial charge < -0.3 is 16.4 Å². The summed E-state index contributed by atoms with van der Waals surface area (Å²) in [5.41, 5.74) is 8.06. The number of benzene rings is 1. The van der Waals surface area contributed by atoms with E-state index in [4.69, 9.17) is 5.73 Å². The van der Waals surface area contributed by atoms with Crippen LogP contribution >= 0.6 is 0 Å². The van der Waals surface area contributed by atoms with Gasteiger partial charge in [0.05, 0.1) is 0 Å². The van der Waals surface area contributed by atoms with Gasteiger partial charge in [-0.05, 0) is 43.9 Å². The molecule has 1 fully saturated rings. The zero-order valence-electron chi connectivity index (χ0n) is 16.6. The van der Waals surface area contributed by atoms with Crippen LogP contribution < -0.4 is 16.4 Å². The van der Waals surface area contributed by atoms with Crippen molar-refractivity contribution < 1.29 is 9.59 Å². The maximum Gasteiger partial charge on any atom is 0.224 e. The van der Waals surface area contributed by atoms with E-state index >= 15 is 0 Å². The van der Waals surface area contributed by atoms with Crippen LogP contribution in [-0.2, 0) is 16.0 Å². The maximum atomic E-state index is 11.8. The minimum Gasteiger partial charge on any atom is -0.369 e. The molecule has 7 nitrogen and oxygen atoms in total. The summed E-state index contributed by atoms with van der Waals surface area (Å²) in [5.74, 6) is 0.798. The standard InChI is InChI=1S/C22H27N5O2/c1-3-18(28)12-15-7-4-5-10-19(15)26-21-14(2)13-24-22(27-21)25-17-9-6-8-16(11-17)20(23)29/h3-5,7,10,13,16-17H,1,6,8-9,11-12H2,2H3,(H2,23,29)(H2,24,25,26,27)/t16-,17+/m0/s1. The Bertz CT molecular complexity index is 912. The number of nitrogens with two attached hydrogens (primary N) is 1. The number of hydrogen-bond acceptors (Lipinski definition) is 6. The van der Waals surface area contributed by atoms with Crippen molar-refractivity contribution in [1.82, 2.24) is 9.97 Å². The van der Waals surface area contributed by atoms with E-state index in [9.17, 15) is 9.59 Å². The first kappa shape index (κ1) is 20.5. The van der Waals surface area contributed by atoms with Gasteiger partial charge in [0.2, 0.25) is 11.9 Å². The number of hydrogen-bond donors (Lipinski definition) is 3. The van der Waals surface area contributed by atoms with Crippen molar-refractivity contribution in [2.75, 3.05) is 10.6 Å². The topological polar surface area (TPSA) is 110 Å². The van der Waals surface area contributed by atoms with Crippen LogP contribution in [0.5, 0.6) is 0 Å². The summed E-state index contributed by atoms with van der Waals surface area (Å²) in [6.07, 6.45) is 6.81. The molecule has 1 saturated carbocycles. The average Bonchev–Trinajstić information content (AvgIpc) is 2.72. The molecule has 0 aliphatic heterocycles. The molecule has 1 aliphatic carbocycles. The first-order valence-corrected chi connectivity index (χ1v) is 9.86. The number of ketones is 1. The number of nitrogens with one attached hydrogen (secondary N) is 2. The van der Waals surface area contributed by atoms with E-state index < -0.39 is 0 Å². The Labute approximate surface area is 170 Å². The SMILES string of the molecule is C=CC(=O)Cc1ccccc1Nc1nc(N[C@@H]2CCC[C@H](C(N)=O)C2)ncc1C. The molecule has 1 amide bonds. The number of nitrogens with zero attached hydrogens (tertiary/aromatic N) is 2. The third-order valence-electron chi connectivity index (χ3n) is 5.24. The Morgan fingerprint density at radius 1 is 1.31 bits per heavy atom. The molecule has 0 saturated heterocycles. The minimum atomic E-state index is -0.241. The van der Waals surface area contributed by atoms with Gasteiger partial charge in [-0.3, -0.25) is 9.59 Å². The number of aromatic nitrogens is 2. The second kappa shape index (κ2) is 9.32. The van der Waals surface area contributed by atoms with Crippen LogP contribution in [0.15, 0.2) is 43.1 Å². The normalized spacial score (nSPS) is 18.7. The molecule has 2 aromatic rings. The number of anilines is 3. The lowest BCUT2D eigenvalue weighted by molar-refractivity contribution is -0.122. The van der Waals surface area contributed by atoms with Gasteiger partial charge in [-0.2, -0.15) is 4.98 Å². The van der Waals surface area contributed by atoms with Crippen LogP contribution in [-0.4, -0.2) is 27.7 Å². The largest absolute Gasteiger partial charge is 0.369 e. The summed E-state index contributed by atoms with van der Waals surface area (Å²) in [5, 5.41) is 6.66. The molecule has 2 atom stereocenters. The lowest BCUT2D eigenvalue weighted by atomic mass is 9.85. The van der Waals surface area contributed by atoms with E-state index in [2.05, 4.69) is 27.2 Å². The summed E-state index contributed by atoms with van der Waals surface area (Å²) in [7, 11) is 0. The first-order valence-electron chi connectivity index (χ1n) is 9.86. The number of carbonyl (C=O) groups excluding carboxylic acids is 2. The molecule has 7 heteroatoms. The van der Waals surface area contributed by atoms with Crippen molar-refractivity contribution in [2.24, 2.45) is 11.7 Å². The third-order valence-corrected chi connectivity index (χ3v) is 5.24. The Hall–Kier alpha value is -3.22. The van der Waals surface area contributed by atoms with Gasteiger partial charge >= 0.3 is 0 Å². The number of primary amides is 1. The van der Waals surface area contributed by atoms with Gasteiger partial charge in [0.1, 0.15) is 5.82 Å². The molecule has 0 bridgehead atoms. The van der Waals surface area contributed by atoms with Gasteiger partial charge in [-0.15, -0.1) is 0 Å². The van der Waals surface area contributed by atoms with Crippen molar-refractivity contribution in [3.05, 3.63) is 54.2 Å². The zero-order valence-corrected chi connectivity index (χ0v) is 16.6. The van der Waals surface area contributed by atoms with Crippen molar-refractivity contribution in [3.63, 3.8) is 0 Å². The summed E-state index contributed by atoms with van der Waals surface area (Å²) < 4.78 is 0. The fraction of sp³-hybridized carbons (Fsp3) is 0.364. The van der Waals surface area contributed by atoms with Crippen molar-refractivity contribution in [2.45, 2.75) is 45.1 Å². The number of amides is 1. The monoisotopic (exact) mass is 393 g/mol. The second-order valence-electron chi connectivity index (χ2n) is 7.46. The highest BCUT2D eigenvalue weighted by Crippen LogP contribution is 2.27. The van der Waals surface area contributed by atoms with Gasteiger partial charge in [0.25, 0.3) is 0 Å². The molecule has 4 N–H and O–H groups in total. The molecule has 29 heavy (non-hydrogen) atoms. The Morgan fingerprint density at radius 2 is 2.10 bits per heavy atom. The fourth-order valence-electron chi connectivity index (χ4n) is 3.58. The van der Waals surface area contributed by atoms with Crippen molar-refractivity contribution >= 4 is 29.1 Å². The van der Waals surface area contributed by atoms with Gasteiger partial charge in [-0.25, -0.2) is 4.98 Å². The number of para-hydroxylation sites is 1. The lowest BCUT2D eigenvalue weighted by Crippen LogP contribution is -2.34. The summed E-state index contributed by atoms with van der Waals surface area (Å²) >= 11 is 0. The number of carbonyl (C=O) groups is 2. The molecule has 1 aliphatic rings. The molecule has 1 aromatic carbocycles. The third kappa shape index (κ3) is 5.40. The average molecular weight is 393 g/mol. The zero-order chi connectivity index (χ0) is 20.8. The van der Waals surface area contributed by atoms with Crippen LogP contribution in [0.4, 0.5) is 17.5 Å². The van der Waals surface area contributed by atoms with E-state index in [1.54, 1.807) is 6.20 Å². The van der Waals surface area contributed by atoms with Crippen LogP contribution in [0.1, 0.15) is 36.8 Å². The smallest absolute Gasteiger partial charge is 0.224 e. The molecule has 3 rings (SSSR count). The molecule has 0 unspecified atom stereocenters. The molecule has 152 valence electrons. The van der Waals surface area contributed by atoms with E-state index in [-0.39, 0.29) is 30.1 Å². The lowest BCUT2D eigenvalue weighted by Gasteiger charge is -2.28. The molecular weight excluding hydrogens is 366 g/mol. The highest BCUT2D eigenvalue weighted by Gasteiger charge is 2.26. The molecule has 0 spiro atoms. The predicted molar refractivity (Wildman–Crippen MR) is 114 cm³/mol. The quantitative estimate of drug-likeness (QED) is 0.594. The van der Waals surface area contributed by atoms with E-state index in [0.717, 1.165) is 36.1 Å². The van der Waals surface area contributed by atoms with Crippen LogP contribution in [0, 0.1) is 12.8 Å². The first-order chi connectivity index (χ1) is 14.0. The summed E-state index contributed by atoms with van der Waals surface area (Å²) in [6, 6.07) is 7.75. The van der Waals surface area contributed by atoms with Gasteiger partial charge in [0, 0.05) is 35.8 Å². The molecule has 0 radical (unpaired) electrons. The number of allylic oxidation sites excluding steroid dienone is 1. The molecule has 1 heterocycles.